The van der Waals surface area contributed by atoms with Gasteiger partial charge in [0.1, 0.15) is 0 Å². The summed E-state index contributed by atoms with van der Waals surface area (Å²) in [7, 11) is 0. The molecule has 0 saturated carbocycles. The van der Waals surface area contributed by atoms with Crippen molar-refractivity contribution in [2.75, 3.05) is 0 Å². The minimum absolute atomic E-state index is 0.290. The van der Waals surface area contributed by atoms with Crippen molar-refractivity contribution < 1.29 is 14.7 Å². The third kappa shape index (κ3) is 3.30. The number of aliphatic hydroxyl groups is 1. The van der Waals surface area contributed by atoms with E-state index in [9.17, 15) is 9.90 Å². The van der Waals surface area contributed by atoms with Crippen molar-refractivity contribution in [3.63, 3.8) is 0 Å². The van der Waals surface area contributed by atoms with E-state index in [1.54, 1.807) is 11.8 Å². The van der Waals surface area contributed by atoms with E-state index in [1.165, 1.54) is 13.8 Å². The molecule has 1 heterocycles. The molecule has 19 heavy (non-hydrogen) atoms. The molecule has 0 fully saturated rings. The average molecular weight is 279 g/mol. The molecule has 5 heteroatoms. The summed E-state index contributed by atoms with van der Waals surface area (Å²) in [5.41, 5.74) is 2.89. The normalized spacial score (nSPS) is 18.3. The summed E-state index contributed by atoms with van der Waals surface area (Å²) in [5.74, 6) is -0.711. The number of rotatable bonds is 3. The highest BCUT2D eigenvalue weighted by Crippen LogP contribution is 2.36. The molecule has 1 aromatic rings. The van der Waals surface area contributed by atoms with E-state index in [2.05, 4.69) is 12.4 Å². The molecule has 1 aliphatic heterocycles. The first-order valence-corrected chi connectivity index (χ1v) is 6.93. The van der Waals surface area contributed by atoms with Gasteiger partial charge in [-0.15, -0.1) is 11.8 Å². The van der Waals surface area contributed by atoms with E-state index in [4.69, 9.17) is 4.84 Å². The molecular formula is C14H17NO3S. The fourth-order valence-electron chi connectivity index (χ4n) is 1.67. The number of benzene rings is 1. The van der Waals surface area contributed by atoms with Crippen molar-refractivity contribution >= 4 is 23.4 Å². The van der Waals surface area contributed by atoms with Gasteiger partial charge in [0.05, 0.1) is 5.70 Å². The van der Waals surface area contributed by atoms with Crippen LogP contribution in [0.3, 0.4) is 0 Å². The number of carbonyl (C=O) groups is 1. The zero-order chi connectivity index (χ0) is 14.0. The lowest BCUT2D eigenvalue weighted by atomic mass is 10.1. The molecule has 2 rings (SSSR count). The highest BCUT2D eigenvalue weighted by Gasteiger charge is 2.27. The van der Waals surface area contributed by atoms with Crippen molar-refractivity contribution in [2.45, 2.75) is 36.5 Å². The number of nitrogens with one attached hydrogen (secondary N) is 1. The van der Waals surface area contributed by atoms with E-state index in [0.29, 0.717) is 5.25 Å². The Morgan fingerprint density at radius 3 is 2.79 bits per heavy atom. The molecule has 0 saturated heterocycles. The number of hydrogen-bond donors (Lipinski definition) is 2. The summed E-state index contributed by atoms with van der Waals surface area (Å²) >= 11 is 1.75. The zero-order valence-corrected chi connectivity index (χ0v) is 12.0. The van der Waals surface area contributed by atoms with Gasteiger partial charge < -0.3 is 9.94 Å². The average Bonchev–Trinajstić information content (AvgIpc) is 2.34. The Morgan fingerprint density at radius 2 is 2.11 bits per heavy atom. The molecule has 2 N–H and O–H groups in total. The van der Waals surface area contributed by atoms with Crippen LogP contribution in [-0.4, -0.2) is 21.9 Å². The first kappa shape index (κ1) is 14.0. The molecule has 0 bridgehead atoms. The van der Waals surface area contributed by atoms with Gasteiger partial charge in [-0.25, -0.2) is 10.3 Å². The molecule has 1 aromatic carbocycles. The van der Waals surface area contributed by atoms with Gasteiger partial charge in [-0.2, -0.15) is 0 Å². The molecule has 4 nitrogen and oxygen atoms in total. The van der Waals surface area contributed by atoms with Crippen LogP contribution in [0.25, 0.3) is 5.70 Å². The third-order valence-corrected chi connectivity index (χ3v) is 3.76. The minimum Gasteiger partial charge on any atom is -0.379 e. The molecule has 0 spiro atoms. The van der Waals surface area contributed by atoms with Crippen LogP contribution in [0.4, 0.5) is 0 Å². The summed E-state index contributed by atoms with van der Waals surface area (Å²) < 4.78 is 0. The molecule has 1 unspecified atom stereocenters. The molecule has 0 aromatic heterocycles. The first-order valence-electron chi connectivity index (χ1n) is 6.05. The highest BCUT2D eigenvalue weighted by atomic mass is 32.2. The van der Waals surface area contributed by atoms with Crippen LogP contribution in [0.2, 0.25) is 0 Å². The van der Waals surface area contributed by atoms with Crippen molar-refractivity contribution in [2.24, 2.45) is 0 Å². The summed E-state index contributed by atoms with van der Waals surface area (Å²) in [5, 5.41) is 9.81. The SMILES string of the molecule is CC1C=C(NOC(=O)C(C)(C)O)c2ccccc2S1. The molecule has 1 aliphatic rings. The summed E-state index contributed by atoms with van der Waals surface area (Å²) in [6, 6.07) is 7.90. The van der Waals surface area contributed by atoms with Gasteiger partial charge in [0.25, 0.3) is 0 Å². The predicted octanol–water partition coefficient (Wildman–Crippen LogP) is 2.34. The summed E-state index contributed by atoms with van der Waals surface area (Å²) in [6.07, 6.45) is 1.99. The van der Waals surface area contributed by atoms with Gasteiger partial charge in [0, 0.05) is 15.7 Å². The molecule has 0 radical (unpaired) electrons. The first-order chi connectivity index (χ1) is 8.88. The molecular weight excluding hydrogens is 262 g/mol. The third-order valence-electron chi connectivity index (χ3n) is 2.64. The Hall–Kier alpha value is -1.46. The van der Waals surface area contributed by atoms with Crippen molar-refractivity contribution in [3.05, 3.63) is 35.9 Å². The Bertz CT molecular complexity index is 520. The smallest absolute Gasteiger partial charge is 0.362 e. The van der Waals surface area contributed by atoms with Crippen LogP contribution in [0.1, 0.15) is 26.3 Å². The van der Waals surface area contributed by atoms with E-state index < -0.39 is 11.6 Å². The van der Waals surface area contributed by atoms with E-state index in [1.807, 2.05) is 30.3 Å². The number of thioether (sulfide) groups is 1. The largest absolute Gasteiger partial charge is 0.379 e. The second-order valence-corrected chi connectivity index (χ2v) is 6.37. The maximum Gasteiger partial charge on any atom is 0.362 e. The Balaban J connectivity index is 2.14. The number of hydrogen-bond acceptors (Lipinski definition) is 5. The van der Waals surface area contributed by atoms with E-state index in [-0.39, 0.29) is 0 Å². The summed E-state index contributed by atoms with van der Waals surface area (Å²) in [4.78, 5) is 17.6. The van der Waals surface area contributed by atoms with E-state index >= 15 is 0 Å². The summed E-state index contributed by atoms with van der Waals surface area (Å²) in [6.45, 7) is 4.84. The van der Waals surface area contributed by atoms with Gasteiger partial charge in [-0.05, 0) is 32.9 Å². The van der Waals surface area contributed by atoms with Gasteiger partial charge in [0.15, 0.2) is 5.60 Å². The molecule has 0 aliphatic carbocycles. The monoisotopic (exact) mass is 279 g/mol. The molecule has 0 amide bonds. The lowest BCUT2D eigenvalue weighted by molar-refractivity contribution is -0.166. The zero-order valence-electron chi connectivity index (χ0n) is 11.1. The van der Waals surface area contributed by atoms with Crippen molar-refractivity contribution in [1.29, 1.82) is 0 Å². The van der Waals surface area contributed by atoms with Gasteiger partial charge in [-0.3, -0.25) is 0 Å². The second kappa shape index (κ2) is 5.27. The van der Waals surface area contributed by atoms with Crippen LogP contribution in [-0.2, 0) is 9.63 Å². The number of carbonyl (C=O) groups excluding carboxylic acids is 1. The maximum absolute atomic E-state index is 11.5. The maximum atomic E-state index is 11.5. The Kier molecular flexibility index (Phi) is 3.87. The van der Waals surface area contributed by atoms with Crippen LogP contribution in [0.15, 0.2) is 35.2 Å². The molecule has 102 valence electrons. The Labute approximate surface area is 116 Å². The van der Waals surface area contributed by atoms with Crippen LogP contribution >= 0.6 is 11.8 Å². The lowest BCUT2D eigenvalue weighted by Crippen LogP contribution is -2.36. The number of fused-ring (bicyclic) bond motifs is 1. The lowest BCUT2D eigenvalue weighted by Gasteiger charge is -2.23. The highest BCUT2D eigenvalue weighted by molar-refractivity contribution is 8.00. The fourth-order valence-corrected chi connectivity index (χ4v) is 2.73. The minimum atomic E-state index is -1.51. The standard InChI is InChI=1S/C14H17NO3S/c1-9-8-11(15-18-13(16)14(2,3)17)10-6-4-5-7-12(10)19-9/h4-9,15,17H,1-3H3. The quantitative estimate of drug-likeness (QED) is 0.832. The topological polar surface area (TPSA) is 58.6 Å². The van der Waals surface area contributed by atoms with Gasteiger partial charge in [0.2, 0.25) is 0 Å². The van der Waals surface area contributed by atoms with Crippen molar-refractivity contribution in [1.82, 2.24) is 5.48 Å². The second-order valence-electron chi connectivity index (χ2n) is 4.95. The van der Waals surface area contributed by atoms with Gasteiger partial charge >= 0.3 is 5.97 Å². The molecule has 1 atom stereocenters. The van der Waals surface area contributed by atoms with Crippen LogP contribution in [0.5, 0.6) is 0 Å². The predicted molar refractivity (Wildman–Crippen MR) is 75.3 cm³/mol. The van der Waals surface area contributed by atoms with Gasteiger partial charge in [-0.1, -0.05) is 18.2 Å². The van der Waals surface area contributed by atoms with Crippen molar-refractivity contribution in [3.8, 4) is 0 Å². The van der Waals surface area contributed by atoms with Crippen LogP contribution < -0.4 is 5.48 Å². The fraction of sp³-hybridized carbons (Fsp3) is 0.357. The number of hydroxylamine groups is 1. The van der Waals surface area contributed by atoms with Crippen LogP contribution in [0, 0.1) is 0 Å². The van der Waals surface area contributed by atoms with E-state index in [0.717, 1.165) is 16.2 Å². The Morgan fingerprint density at radius 1 is 1.42 bits per heavy atom.